The topological polar surface area (TPSA) is 107 Å². The minimum absolute atomic E-state index is 0.0772. The Balaban J connectivity index is 2.77. The molecule has 0 radical (unpaired) electrons. The van der Waals surface area contributed by atoms with Gasteiger partial charge in [0.25, 0.3) is 10.1 Å². The normalized spacial score (nSPS) is 19.7. The van der Waals surface area contributed by atoms with Crippen LogP contribution in [0.5, 0.6) is 0 Å². The molecule has 148 valence electrons. The van der Waals surface area contributed by atoms with Crippen LogP contribution in [-0.4, -0.2) is 42.9 Å². The van der Waals surface area contributed by atoms with Crippen LogP contribution in [-0.2, 0) is 29.2 Å². The quantitative estimate of drug-likeness (QED) is 0.329. The fourth-order valence-electron chi connectivity index (χ4n) is 2.46. The molecule has 0 amide bonds. The molecule has 7 nitrogen and oxygen atoms in total. The number of unbranched alkanes of at least 4 members (excludes halogenated alkanes) is 4. The minimum atomic E-state index is -4.76. The molecule has 1 atom stereocenters. The Morgan fingerprint density at radius 3 is 2.12 bits per heavy atom. The molecule has 0 saturated carbocycles. The summed E-state index contributed by atoms with van der Waals surface area (Å²) in [7, 11) is -4.76. The Bertz CT molecular complexity index is 648. The van der Waals surface area contributed by atoms with Crippen molar-refractivity contribution in [1.82, 2.24) is 0 Å². The van der Waals surface area contributed by atoms with Crippen LogP contribution in [0.25, 0.3) is 0 Å². The van der Waals surface area contributed by atoms with Crippen LogP contribution < -0.4 is 0 Å². The van der Waals surface area contributed by atoms with E-state index in [0.29, 0.717) is 6.42 Å². The highest BCUT2D eigenvalue weighted by molar-refractivity contribution is 7.88. The smallest absolute Gasteiger partial charge is 0.337 e. The van der Waals surface area contributed by atoms with Crippen molar-refractivity contribution in [2.24, 2.45) is 0 Å². The molecule has 0 aromatic heterocycles. The van der Waals surface area contributed by atoms with Gasteiger partial charge in [-0.3, -0.25) is 4.55 Å². The van der Waals surface area contributed by atoms with E-state index < -0.39 is 26.8 Å². The van der Waals surface area contributed by atoms with Crippen LogP contribution in [0, 0.1) is 0 Å². The van der Waals surface area contributed by atoms with Gasteiger partial charge in [0, 0.05) is 6.42 Å². The number of hydrogen-bond acceptors (Lipinski definition) is 6. The van der Waals surface area contributed by atoms with Gasteiger partial charge in [0.2, 0.25) is 4.75 Å². The molecular weight excluding hydrogens is 360 g/mol. The maximum atomic E-state index is 12.3. The molecule has 0 fully saturated rings. The second-order valence-electron chi connectivity index (χ2n) is 6.25. The molecule has 0 bridgehead atoms. The first-order valence-electron chi connectivity index (χ1n) is 8.99. The molecule has 1 aliphatic carbocycles. The lowest BCUT2D eigenvalue weighted by atomic mass is 9.95. The second-order valence-corrected chi connectivity index (χ2v) is 7.93. The summed E-state index contributed by atoms with van der Waals surface area (Å²) >= 11 is 0. The van der Waals surface area contributed by atoms with Gasteiger partial charge >= 0.3 is 11.9 Å². The maximum Gasteiger partial charge on any atom is 0.337 e. The fourth-order valence-corrected chi connectivity index (χ4v) is 3.26. The van der Waals surface area contributed by atoms with Gasteiger partial charge in [-0.1, -0.05) is 45.6 Å². The van der Waals surface area contributed by atoms with Gasteiger partial charge in [-0.15, -0.1) is 0 Å². The number of allylic oxidation sites excluding steroid dienone is 1. The van der Waals surface area contributed by atoms with Gasteiger partial charge in [-0.25, -0.2) is 9.59 Å². The van der Waals surface area contributed by atoms with Crippen molar-refractivity contribution in [3.05, 3.63) is 23.8 Å². The van der Waals surface area contributed by atoms with Crippen LogP contribution in [0.2, 0.25) is 0 Å². The van der Waals surface area contributed by atoms with E-state index in [1.54, 1.807) is 0 Å². The van der Waals surface area contributed by atoms with Crippen molar-refractivity contribution in [2.75, 3.05) is 13.2 Å². The summed E-state index contributed by atoms with van der Waals surface area (Å²) in [6.45, 7) is 4.37. The standard InChI is InChI=1S/C18H28O7S/c1-3-5-7-13-24-16(19)15-9-11-18(12-10-15,26(21,22)23)17(20)25-14-8-6-4-2/h9-11H,3-8,12-14H2,1-2H3,(H,21,22,23). The molecule has 0 aromatic carbocycles. The number of carbonyl (C=O) groups excluding carboxylic acids is 2. The minimum Gasteiger partial charge on any atom is -0.464 e. The molecular formula is C18H28O7S. The van der Waals surface area contributed by atoms with Gasteiger partial charge in [-0.05, 0) is 25.0 Å². The zero-order chi connectivity index (χ0) is 19.6. The maximum absolute atomic E-state index is 12.3. The third-order valence-electron chi connectivity index (χ3n) is 4.16. The van der Waals surface area contributed by atoms with Gasteiger partial charge in [0.15, 0.2) is 0 Å². The van der Waals surface area contributed by atoms with Gasteiger partial charge < -0.3 is 9.47 Å². The van der Waals surface area contributed by atoms with E-state index >= 15 is 0 Å². The molecule has 0 saturated heterocycles. The molecule has 0 heterocycles. The lowest BCUT2D eigenvalue weighted by Gasteiger charge is -2.26. The number of rotatable bonds is 11. The zero-order valence-corrected chi connectivity index (χ0v) is 16.2. The zero-order valence-electron chi connectivity index (χ0n) is 15.4. The lowest BCUT2D eigenvalue weighted by molar-refractivity contribution is -0.146. The summed E-state index contributed by atoms with van der Waals surface area (Å²) in [5, 5.41) is 0. The predicted molar refractivity (Wildman–Crippen MR) is 97.1 cm³/mol. The van der Waals surface area contributed by atoms with Crippen LogP contribution >= 0.6 is 0 Å². The van der Waals surface area contributed by atoms with Crippen molar-refractivity contribution >= 4 is 22.1 Å². The summed E-state index contributed by atoms with van der Waals surface area (Å²) in [6.07, 6.45) is 8.16. The third kappa shape index (κ3) is 5.95. The first-order valence-corrected chi connectivity index (χ1v) is 10.4. The average Bonchev–Trinajstić information content (AvgIpc) is 2.61. The molecule has 0 spiro atoms. The molecule has 26 heavy (non-hydrogen) atoms. The van der Waals surface area contributed by atoms with Crippen molar-refractivity contribution in [3.8, 4) is 0 Å². The third-order valence-corrected chi connectivity index (χ3v) is 5.55. The fraction of sp³-hybridized carbons (Fsp3) is 0.667. The first-order chi connectivity index (χ1) is 12.3. The highest BCUT2D eigenvalue weighted by atomic mass is 32.2. The molecule has 0 aromatic rings. The van der Waals surface area contributed by atoms with Crippen molar-refractivity contribution in [2.45, 2.75) is 63.5 Å². The Labute approximate surface area is 155 Å². The largest absolute Gasteiger partial charge is 0.464 e. The molecule has 1 aliphatic rings. The van der Waals surface area contributed by atoms with Crippen LogP contribution in [0.3, 0.4) is 0 Å². The SMILES string of the molecule is CCCCCOC(=O)C1=CCC(C(=O)OCCCCC)(S(=O)(=O)O)C=C1. The van der Waals surface area contributed by atoms with Crippen LogP contribution in [0.1, 0.15) is 58.8 Å². The summed E-state index contributed by atoms with van der Waals surface area (Å²) in [5.41, 5.74) is 0.152. The van der Waals surface area contributed by atoms with Crippen molar-refractivity contribution in [3.63, 3.8) is 0 Å². The van der Waals surface area contributed by atoms with Gasteiger partial charge in [0.05, 0.1) is 18.8 Å². The Hall–Kier alpha value is -1.67. The number of carbonyl (C=O) groups is 2. The van der Waals surface area contributed by atoms with E-state index in [2.05, 4.69) is 0 Å². The van der Waals surface area contributed by atoms with E-state index in [1.165, 1.54) is 12.2 Å². The first kappa shape index (κ1) is 22.4. The highest BCUT2D eigenvalue weighted by Crippen LogP contribution is 2.31. The Morgan fingerprint density at radius 1 is 1.08 bits per heavy atom. The lowest BCUT2D eigenvalue weighted by Crippen LogP contribution is -2.46. The van der Waals surface area contributed by atoms with Crippen LogP contribution in [0.15, 0.2) is 23.8 Å². The van der Waals surface area contributed by atoms with E-state index in [-0.39, 0.29) is 25.2 Å². The van der Waals surface area contributed by atoms with E-state index in [0.717, 1.165) is 38.2 Å². The van der Waals surface area contributed by atoms with Crippen molar-refractivity contribution < 1.29 is 32.0 Å². The van der Waals surface area contributed by atoms with Crippen molar-refractivity contribution in [1.29, 1.82) is 0 Å². The number of esters is 2. The highest BCUT2D eigenvalue weighted by Gasteiger charge is 2.50. The number of hydrogen-bond donors (Lipinski definition) is 1. The number of ether oxygens (including phenoxy) is 2. The van der Waals surface area contributed by atoms with Gasteiger partial charge in [0.1, 0.15) is 0 Å². The molecule has 0 aliphatic heterocycles. The monoisotopic (exact) mass is 388 g/mol. The molecule has 8 heteroatoms. The average molecular weight is 388 g/mol. The summed E-state index contributed by atoms with van der Waals surface area (Å²) < 4.78 is 41.1. The molecule has 1 rings (SSSR count). The Morgan fingerprint density at radius 2 is 1.65 bits per heavy atom. The van der Waals surface area contributed by atoms with Gasteiger partial charge in [-0.2, -0.15) is 8.42 Å². The van der Waals surface area contributed by atoms with E-state index in [4.69, 9.17) is 9.47 Å². The van der Waals surface area contributed by atoms with E-state index in [1.807, 2.05) is 13.8 Å². The Kier molecular flexibility index (Phi) is 9.01. The summed E-state index contributed by atoms with van der Waals surface area (Å²) in [5.74, 6) is -1.63. The van der Waals surface area contributed by atoms with Crippen LogP contribution in [0.4, 0.5) is 0 Å². The molecule has 1 N–H and O–H groups in total. The second kappa shape index (κ2) is 10.5. The molecule has 1 unspecified atom stereocenters. The summed E-state index contributed by atoms with van der Waals surface area (Å²) in [4.78, 5) is 24.3. The predicted octanol–water partition coefficient (Wildman–Crippen LogP) is 2.97. The van der Waals surface area contributed by atoms with E-state index in [9.17, 15) is 22.6 Å². The summed E-state index contributed by atoms with van der Waals surface area (Å²) in [6, 6.07) is 0.